The molecule has 1 spiro atoms. The number of benzene rings is 3. The highest BCUT2D eigenvalue weighted by Gasteiger charge is 2.78. The largest absolute Gasteiger partial charge is 0.493 e. The van der Waals surface area contributed by atoms with Crippen LogP contribution in [0.25, 0.3) is 0 Å². The number of carbonyl (C=O) groups is 6. The Morgan fingerprint density at radius 1 is 0.848 bits per heavy atom. The molecule has 11 atom stereocenters. The predicted octanol–water partition coefficient (Wildman–Crippen LogP) is 4.28. The number of ether oxygens (including phenoxy) is 6. The highest BCUT2D eigenvalue weighted by atomic mass is 16.6. The molecule has 0 unspecified atom stereocenters. The molecule has 350 valence electrons. The van der Waals surface area contributed by atoms with Gasteiger partial charge in [0.2, 0.25) is 0 Å². The number of Topliss-reactive ketones (excluding diaryl/α,β-unsaturated/α-hetero) is 1. The normalized spacial score (nSPS) is 34.2. The standard InChI is InChI=1S/C50H55NO15/c1-27-33-25-50(60)43(65-45(58)30-18-10-7-11-19-30)41-48(5,42(56)40(63-28(2)52)37(27)47(50,3)4)34(53)24-35-49(41,26-62-35)66-36(54)22-14-15-23-61-32-21-13-12-20-31(32)38(39(55)46(59)64-33)51-44(57)29-16-8-6-9-17-29/h6-13,16-21,33-35,38-41,43,53,55,60H,14-15,22-26H2,1-5H3,(H,51,57)/t33-,34-,35+,38-,39+,40+,41-,43-,48+,49-,50+/m0/s1. The third-order valence-electron chi connectivity index (χ3n) is 14.6. The van der Waals surface area contributed by atoms with Crippen molar-refractivity contribution in [3.05, 3.63) is 113 Å². The zero-order valence-electron chi connectivity index (χ0n) is 37.4. The Bertz CT molecular complexity index is 2440. The van der Waals surface area contributed by atoms with Crippen LogP contribution < -0.4 is 10.1 Å². The summed E-state index contributed by atoms with van der Waals surface area (Å²) in [6, 6.07) is 21.1. The minimum atomic E-state index is -2.41. The molecule has 1 saturated heterocycles. The number of aliphatic hydroxyl groups excluding tert-OH is 2. The van der Waals surface area contributed by atoms with E-state index in [1.165, 1.54) is 26.0 Å². The van der Waals surface area contributed by atoms with Crippen LogP contribution in [-0.4, -0.2) is 112 Å². The van der Waals surface area contributed by atoms with E-state index < -0.39 is 113 Å². The minimum absolute atomic E-state index is 0.00651. The Kier molecular flexibility index (Phi) is 12.5. The van der Waals surface area contributed by atoms with Crippen LogP contribution in [0.15, 0.2) is 96.1 Å². The van der Waals surface area contributed by atoms with E-state index in [1.807, 2.05) is 0 Å². The number of hydrogen-bond acceptors (Lipinski definition) is 15. The molecule has 5 aliphatic rings. The maximum absolute atomic E-state index is 15.7. The zero-order chi connectivity index (χ0) is 47.3. The van der Waals surface area contributed by atoms with Crippen molar-refractivity contribution in [3.63, 3.8) is 0 Å². The molecule has 4 N–H and O–H groups in total. The van der Waals surface area contributed by atoms with E-state index in [1.54, 1.807) is 86.6 Å². The first kappa shape index (κ1) is 46.6. The fourth-order valence-electron chi connectivity index (χ4n) is 10.9. The number of para-hydroxylation sites is 1. The molecule has 66 heavy (non-hydrogen) atoms. The van der Waals surface area contributed by atoms with Gasteiger partial charge in [-0.1, -0.05) is 68.4 Å². The molecule has 4 bridgehead atoms. The first-order valence-corrected chi connectivity index (χ1v) is 22.2. The molecule has 3 aromatic rings. The van der Waals surface area contributed by atoms with E-state index in [2.05, 4.69) is 5.32 Å². The highest BCUT2D eigenvalue weighted by Crippen LogP contribution is 2.64. The molecule has 8 rings (SSSR count). The summed E-state index contributed by atoms with van der Waals surface area (Å²) in [6.07, 6.45) is -10.3. The number of esters is 4. The van der Waals surface area contributed by atoms with E-state index in [0.717, 1.165) is 6.92 Å². The van der Waals surface area contributed by atoms with Crippen LogP contribution in [0.3, 0.4) is 0 Å². The Morgan fingerprint density at radius 3 is 2.15 bits per heavy atom. The summed E-state index contributed by atoms with van der Waals surface area (Å²) in [7, 11) is 0. The second-order valence-corrected chi connectivity index (χ2v) is 18.7. The zero-order valence-corrected chi connectivity index (χ0v) is 37.4. The molecular formula is C50H55NO15. The fourth-order valence-corrected chi connectivity index (χ4v) is 10.9. The van der Waals surface area contributed by atoms with Crippen molar-refractivity contribution in [2.24, 2.45) is 16.7 Å². The maximum Gasteiger partial charge on any atom is 0.338 e. The van der Waals surface area contributed by atoms with Gasteiger partial charge in [0.25, 0.3) is 5.91 Å². The third kappa shape index (κ3) is 7.76. The molecule has 2 saturated carbocycles. The summed E-state index contributed by atoms with van der Waals surface area (Å²) in [6.45, 7) is 6.93. The molecule has 0 radical (unpaired) electrons. The van der Waals surface area contributed by atoms with E-state index in [0.29, 0.717) is 6.42 Å². The van der Waals surface area contributed by atoms with Gasteiger partial charge in [0.05, 0.1) is 42.3 Å². The summed E-state index contributed by atoms with van der Waals surface area (Å²) < 4.78 is 37.2. The number of rotatable bonds is 5. The number of hydrogen-bond donors (Lipinski definition) is 4. The molecule has 16 nitrogen and oxygen atoms in total. The molecule has 3 aliphatic carbocycles. The third-order valence-corrected chi connectivity index (χ3v) is 14.6. The van der Waals surface area contributed by atoms with Crippen molar-refractivity contribution in [1.82, 2.24) is 5.32 Å². The summed E-state index contributed by atoms with van der Waals surface area (Å²) in [5, 5.41) is 40.9. The molecule has 2 heterocycles. The van der Waals surface area contributed by atoms with Gasteiger partial charge in [0.1, 0.15) is 29.7 Å². The lowest BCUT2D eigenvalue weighted by Crippen LogP contribution is -2.82. The van der Waals surface area contributed by atoms with E-state index >= 15 is 4.79 Å². The molecule has 3 fully saturated rings. The Hall–Kier alpha value is -5.94. The van der Waals surface area contributed by atoms with Gasteiger partial charge in [0.15, 0.2) is 23.6 Å². The first-order valence-electron chi connectivity index (χ1n) is 22.2. The lowest BCUT2D eigenvalue weighted by Gasteiger charge is -2.67. The van der Waals surface area contributed by atoms with Crippen molar-refractivity contribution < 1.29 is 72.5 Å². The molecule has 0 aromatic heterocycles. The lowest BCUT2D eigenvalue weighted by atomic mass is 9.44. The van der Waals surface area contributed by atoms with Crippen molar-refractivity contribution >= 4 is 35.6 Å². The van der Waals surface area contributed by atoms with Gasteiger partial charge in [-0.15, -0.1) is 0 Å². The number of carbonyl (C=O) groups excluding carboxylic acids is 6. The summed E-state index contributed by atoms with van der Waals surface area (Å²) in [5.74, 6) is -6.62. The number of ketones is 1. The molecule has 16 heteroatoms. The molecular weight excluding hydrogens is 855 g/mol. The average Bonchev–Trinajstić information content (AvgIpc) is 3.29. The van der Waals surface area contributed by atoms with Gasteiger partial charge in [-0.3, -0.25) is 19.2 Å². The van der Waals surface area contributed by atoms with Crippen LogP contribution >= 0.6 is 0 Å². The first-order chi connectivity index (χ1) is 31.3. The molecule has 2 aliphatic heterocycles. The maximum atomic E-state index is 15.7. The van der Waals surface area contributed by atoms with Crippen molar-refractivity contribution in [2.75, 3.05) is 13.2 Å². The Morgan fingerprint density at radius 2 is 1.50 bits per heavy atom. The second-order valence-electron chi connectivity index (χ2n) is 18.7. The van der Waals surface area contributed by atoms with Crippen LogP contribution in [0.2, 0.25) is 0 Å². The summed E-state index contributed by atoms with van der Waals surface area (Å²) in [4.78, 5) is 85.8. The minimum Gasteiger partial charge on any atom is -0.493 e. The van der Waals surface area contributed by atoms with E-state index in [-0.39, 0.29) is 66.1 Å². The van der Waals surface area contributed by atoms with Crippen LogP contribution in [0.1, 0.15) is 99.0 Å². The highest BCUT2D eigenvalue weighted by molar-refractivity contribution is 5.96. The average molecular weight is 910 g/mol. The monoisotopic (exact) mass is 909 g/mol. The van der Waals surface area contributed by atoms with Gasteiger partial charge in [-0.25, -0.2) is 9.59 Å². The Balaban J connectivity index is 1.34. The van der Waals surface area contributed by atoms with E-state index in [9.17, 15) is 39.3 Å². The van der Waals surface area contributed by atoms with Crippen molar-refractivity contribution in [2.45, 2.75) is 121 Å². The summed E-state index contributed by atoms with van der Waals surface area (Å²) in [5.41, 5.74) is -7.29. The lowest BCUT2D eigenvalue weighted by molar-refractivity contribution is -0.346. The number of amides is 1. The van der Waals surface area contributed by atoms with Crippen LogP contribution in [0, 0.1) is 16.7 Å². The van der Waals surface area contributed by atoms with Gasteiger partial charge < -0.3 is 49.1 Å². The number of fused-ring (bicyclic) bond motifs is 3. The van der Waals surface area contributed by atoms with Crippen LogP contribution in [-0.2, 0) is 42.9 Å². The van der Waals surface area contributed by atoms with Gasteiger partial charge in [0, 0.05) is 42.7 Å². The van der Waals surface area contributed by atoms with Gasteiger partial charge >= 0.3 is 23.9 Å². The van der Waals surface area contributed by atoms with Crippen LogP contribution in [0.5, 0.6) is 5.75 Å². The predicted molar refractivity (Wildman–Crippen MR) is 231 cm³/mol. The topological polar surface area (TPSA) is 231 Å². The quantitative estimate of drug-likeness (QED) is 0.159. The van der Waals surface area contributed by atoms with E-state index in [4.69, 9.17) is 28.4 Å². The van der Waals surface area contributed by atoms with Crippen molar-refractivity contribution in [3.8, 4) is 5.75 Å². The SMILES string of the molecule is CC(=O)O[C@H]1C(=O)[C@@]2(C)[C@@H]3[C@H](OC(=O)c4ccccc4)[C@]4(O)C[C@H](OC(=O)[C@H](O)[C@@H](NC(=O)c5ccccc5)c5ccccc5OCCCCC(=O)O[C@]35CO[C@@H]5C[C@@H]2O)C(C)=C1C4(C)C. The molecule has 1 amide bonds. The molecule has 3 aromatic carbocycles. The Labute approximate surface area is 381 Å². The van der Waals surface area contributed by atoms with Gasteiger partial charge in [-0.2, -0.15) is 0 Å². The second kappa shape index (κ2) is 17.7. The van der Waals surface area contributed by atoms with Crippen molar-refractivity contribution in [1.29, 1.82) is 0 Å². The fraction of sp³-hybridized carbons (Fsp3) is 0.480. The summed E-state index contributed by atoms with van der Waals surface area (Å²) >= 11 is 0. The van der Waals surface area contributed by atoms with Gasteiger partial charge in [-0.05, 0) is 68.2 Å². The smallest absolute Gasteiger partial charge is 0.338 e. The number of nitrogens with one attached hydrogen (secondary N) is 1. The van der Waals surface area contributed by atoms with Crippen LogP contribution in [0.4, 0.5) is 0 Å². The number of aliphatic hydroxyl groups is 3.